The molecule has 0 unspecified atom stereocenters. The Balaban J connectivity index is 2.96. The molecule has 0 radical (unpaired) electrons. The first-order valence-electron chi connectivity index (χ1n) is 3.86. The van der Waals surface area contributed by atoms with Crippen LogP contribution in [0.2, 0.25) is 0 Å². The van der Waals surface area contributed by atoms with Gasteiger partial charge in [0.25, 0.3) is 0 Å². The fourth-order valence-electron chi connectivity index (χ4n) is 0.855. The van der Waals surface area contributed by atoms with Crippen molar-refractivity contribution >= 4 is 5.82 Å². The molecule has 0 aliphatic carbocycles. The van der Waals surface area contributed by atoms with E-state index in [2.05, 4.69) is 9.97 Å². The molecule has 2 N–H and O–H groups in total. The van der Waals surface area contributed by atoms with Crippen LogP contribution in [0.5, 0.6) is 0 Å². The number of nitrogens with zero attached hydrogens (tertiary/aromatic N) is 3. The number of nitrogens with two attached hydrogens (primary N) is 1. The topological polar surface area (TPSA) is 55.0 Å². The number of anilines is 1. The molecule has 1 heterocycles. The highest BCUT2D eigenvalue weighted by molar-refractivity contribution is 5.37. The van der Waals surface area contributed by atoms with Gasteiger partial charge in [0.05, 0.1) is 5.69 Å². The van der Waals surface area contributed by atoms with Crippen molar-refractivity contribution in [2.24, 2.45) is 5.73 Å². The molecule has 1 aromatic rings. The first-order valence-corrected chi connectivity index (χ1v) is 3.86. The van der Waals surface area contributed by atoms with Gasteiger partial charge in [0.2, 0.25) is 0 Å². The summed E-state index contributed by atoms with van der Waals surface area (Å²) in [4.78, 5) is 10.1. The number of hydrogen-bond donors (Lipinski definition) is 1. The standard InChI is InChI=1S/C8H14N4/c1-6(9)7-4-8(12(2)3)11-5-10-7/h4-6H,9H2,1-3H3/t6-/m0/s1. The van der Waals surface area contributed by atoms with Crippen LogP contribution in [0.1, 0.15) is 18.7 Å². The summed E-state index contributed by atoms with van der Waals surface area (Å²) < 4.78 is 0. The van der Waals surface area contributed by atoms with E-state index in [1.807, 2.05) is 32.0 Å². The molecule has 0 saturated carbocycles. The van der Waals surface area contributed by atoms with Gasteiger partial charge in [0, 0.05) is 26.2 Å². The third-order valence-electron chi connectivity index (χ3n) is 1.60. The summed E-state index contributed by atoms with van der Waals surface area (Å²) in [5.41, 5.74) is 6.54. The Morgan fingerprint density at radius 1 is 1.42 bits per heavy atom. The minimum Gasteiger partial charge on any atom is -0.363 e. The molecule has 1 aromatic heterocycles. The van der Waals surface area contributed by atoms with Crippen molar-refractivity contribution in [1.29, 1.82) is 0 Å². The van der Waals surface area contributed by atoms with E-state index in [1.54, 1.807) is 0 Å². The lowest BCUT2D eigenvalue weighted by Crippen LogP contribution is -2.13. The van der Waals surface area contributed by atoms with Crippen LogP contribution >= 0.6 is 0 Å². The van der Waals surface area contributed by atoms with E-state index < -0.39 is 0 Å². The van der Waals surface area contributed by atoms with E-state index in [4.69, 9.17) is 5.73 Å². The van der Waals surface area contributed by atoms with E-state index in [0.717, 1.165) is 11.5 Å². The molecule has 0 spiro atoms. The minimum absolute atomic E-state index is 0.0355. The molecule has 0 fully saturated rings. The van der Waals surface area contributed by atoms with Gasteiger partial charge in [-0.2, -0.15) is 0 Å². The van der Waals surface area contributed by atoms with Crippen molar-refractivity contribution in [3.8, 4) is 0 Å². The molecule has 1 atom stereocenters. The molecule has 0 saturated heterocycles. The Morgan fingerprint density at radius 2 is 2.08 bits per heavy atom. The molecule has 0 aliphatic heterocycles. The zero-order chi connectivity index (χ0) is 9.14. The lowest BCUT2D eigenvalue weighted by molar-refractivity contribution is 0.772. The van der Waals surface area contributed by atoms with E-state index in [1.165, 1.54) is 6.33 Å². The smallest absolute Gasteiger partial charge is 0.131 e. The normalized spacial score (nSPS) is 12.7. The largest absolute Gasteiger partial charge is 0.363 e. The lowest BCUT2D eigenvalue weighted by atomic mass is 10.2. The van der Waals surface area contributed by atoms with Gasteiger partial charge in [-0.05, 0) is 6.92 Å². The van der Waals surface area contributed by atoms with Gasteiger partial charge < -0.3 is 10.6 Å². The number of hydrogen-bond acceptors (Lipinski definition) is 4. The van der Waals surface area contributed by atoms with Crippen LogP contribution in [0.4, 0.5) is 5.82 Å². The van der Waals surface area contributed by atoms with Crippen LogP contribution in [0.25, 0.3) is 0 Å². The second kappa shape index (κ2) is 3.49. The van der Waals surface area contributed by atoms with Crippen molar-refractivity contribution in [1.82, 2.24) is 9.97 Å². The van der Waals surface area contributed by atoms with Gasteiger partial charge >= 0.3 is 0 Å². The van der Waals surface area contributed by atoms with E-state index >= 15 is 0 Å². The monoisotopic (exact) mass is 166 g/mol. The molecule has 0 bridgehead atoms. The Labute approximate surface area is 72.4 Å². The van der Waals surface area contributed by atoms with E-state index in [9.17, 15) is 0 Å². The van der Waals surface area contributed by atoms with Crippen LogP contribution in [-0.2, 0) is 0 Å². The predicted octanol–water partition coefficient (Wildman–Crippen LogP) is 0.562. The summed E-state index contributed by atoms with van der Waals surface area (Å²) in [6.07, 6.45) is 1.54. The fourth-order valence-corrected chi connectivity index (χ4v) is 0.855. The Morgan fingerprint density at radius 3 is 2.58 bits per heavy atom. The highest BCUT2D eigenvalue weighted by Crippen LogP contribution is 2.11. The Bertz CT molecular complexity index is 234. The van der Waals surface area contributed by atoms with Gasteiger partial charge in [0.1, 0.15) is 12.1 Å². The van der Waals surface area contributed by atoms with Crippen molar-refractivity contribution in [3.63, 3.8) is 0 Å². The maximum Gasteiger partial charge on any atom is 0.131 e. The Kier molecular flexibility index (Phi) is 2.60. The maximum absolute atomic E-state index is 5.67. The van der Waals surface area contributed by atoms with Crippen LogP contribution in [0.3, 0.4) is 0 Å². The summed E-state index contributed by atoms with van der Waals surface area (Å²) >= 11 is 0. The predicted molar refractivity (Wildman–Crippen MR) is 49.0 cm³/mol. The quantitative estimate of drug-likeness (QED) is 0.697. The van der Waals surface area contributed by atoms with Crippen LogP contribution < -0.4 is 10.6 Å². The second-order valence-corrected chi connectivity index (χ2v) is 2.98. The highest BCUT2D eigenvalue weighted by Gasteiger charge is 2.03. The minimum atomic E-state index is -0.0355. The van der Waals surface area contributed by atoms with Crippen LogP contribution in [0, 0.1) is 0 Å². The van der Waals surface area contributed by atoms with Gasteiger partial charge in [-0.3, -0.25) is 0 Å². The molecular weight excluding hydrogens is 152 g/mol. The molecule has 4 heteroatoms. The molecule has 12 heavy (non-hydrogen) atoms. The van der Waals surface area contributed by atoms with Crippen molar-refractivity contribution in [3.05, 3.63) is 18.1 Å². The van der Waals surface area contributed by atoms with Crippen molar-refractivity contribution in [2.45, 2.75) is 13.0 Å². The third-order valence-corrected chi connectivity index (χ3v) is 1.60. The summed E-state index contributed by atoms with van der Waals surface area (Å²) in [6.45, 7) is 1.90. The van der Waals surface area contributed by atoms with Gasteiger partial charge in [-0.15, -0.1) is 0 Å². The summed E-state index contributed by atoms with van der Waals surface area (Å²) in [5, 5.41) is 0. The van der Waals surface area contributed by atoms with Gasteiger partial charge in [-0.25, -0.2) is 9.97 Å². The molecule has 1 rings (SSSR count). The summed E-state index contributed by atoms with van der Waals surface area (Å²) in [5.74, 6) is 0.886. The average molecular weight is 166 g/mol. The van der Waals surface area contributed by atoms with Crippen LogP contribution in [0.15, 0.2) is 12.4 Å². The fraction of sp³-hybridized carbons (Fsp3) is 0.500. The molecule has 66 valence electrons. The molecule has 0 amide bonds. The van der Waals surface area contributed by atoms with Crippen molar-refractivity contribution in [2.75, 3.05) is 19.0 Å². The summed E-state index contributed by atoms with van der Waals surface area (Å²) in [7, 11) is 3.88. The van der Waals surface area contributed by atoms with Crippen molar-refractivity contribution < 1.29 is 0 Å². The van der Waals surface area contributed by atoms with Gasteiger partial charge in [-0.1, -0.05) is 0 Å². The first-order chi connectivity index (χ1) is 5.61. The highest BCUT2D eigenvalue weighted by atomic mass is 15.1. The summed E-state index contributed by atoms with van der Waals surface area (Å²) in [6, 6.07) is 1.86. The van der Waals surface area contributed by atoms with Gasteiger partial charge in [0.15, 0.2) is 0 Å². The Hall–Kier alpha value is -1.16. The van der Waals surface area contributed by atoms with E-state index in [0.29, 0.717) is 0 Å². The maximum atomic E-state index is 5.67. The molecule has 0 aromatic carbocycles. The first kappa shape index (κ1) is 8.93. The zero-order valence-electron chi connectivity index (χ0n) is 7.65. The van der Waals surface area contributed by atoms with Crippen LogP contribution in [-0.4, -0.2) is 24.1 Å². The molecular formula is C8H14N4. The average Bonchev–Trinajstić information content (AvgIpc) is 2.04. The zero-order valence-corrected chi connectivity index (χ0v) is 7.65. The molecule has 0 aliphatic rings. The number of aromatic nitrogens is 2. The third kappa shape index (κ3) is 1.92. The lowest BCUT2D eigenvalue weighted by Gasteiger charge is -2.12. The SMILES string of the molecule is C[C@H](N)c1cc(N(C)C)ncn1. The second-order valence-electron chi connectivity index (χ2n) is 2.98. The van der Waals surface area contributed by atoms with E-state index in [-0.39, 0.29) is 6.04 Å². The number of rotatable bonds is 2. The molecule has 4 nitrogen and oxygen atoms in total.